The monoisotopic (exact) mass is 820 g/mol. The molecule has 4 saturated heterocycles. The zero-order valence-electron chi connectivity index (χ0n) is 32.8. The highest BCUT2D eigenvalue weighted by Crippen LogP contribution is 2.41. The number of thiophene rings is 1. The first-order valence-electron chi connectivity index (χ1n) is 21.2. The van der Waals surface area contributed by atoms with Crippen LogP contribution in [0.15, 0.2) is 22.9 Å². The summed E-state index contributed by atoms with van der Waals surface area (Å²) in [5.74, 6) is 3.07. The predicted molar refractivity (Wildman–Crippen MR) is 216 cm³/mol. The number of piperidine rings is 4. The molecule has 2 bridgehead atoms. The molecule has 310 valence electrons. The Morgan fingerprint density at radius 3 is 2.30 bits per heavy atom. The van der Waals surface area contributed by atoms with Crippen molar-refractivity contribution in [2.75, 3.05) is 50.4 Å². The molecule has 3 N–H and O–H groups in total. The minimum Gasteiger partial charge on any atom is -0.386 e. The first kappa shape index (κ1) is 41.8. The summed E-state index contributed by atoms with van der Waals surface area (Å²) < 4.78 is 48.3. The molecular formula is C43H60ClF3N4O4S. The summed E-state index contributed by atoms with van der Waals surface area (Å²) in [6, 6.07) is 2.49. The van der Waals surface area contributed by atoms with Gasteiger partial charge >= 0.3 is 6.18 Å². The quantitative estimate of drug-likeness (QED) is 0.155. The first-order valence-corrected chi connectivity index (χ1v) is 22.5. The fraction of sp³-hybridized carbons (Fsp3) is 0.721. The van der Waals surface area contributed by atoms with Crippen LogP contribution >= 0.6 is 22.9 Å². The third-order valence-electron chi connectivity index (χ3n) is 13.9. The molecular weight excluding hydrogens is 761 g/mol. The van der Waals surface area contributed by atoms with Gasteiger partial charge in [-0.25, -0.2) is 0 Å². The van der Waals surface area contributed by atoms with Crippen LogP contribution in [-0.2, 0) is 33.3 Å². The molecule has 6 aliphatic rings. The average molecular weight is 821 g/mol. The number of carbonyl (C=O) groups excluding carboxylic acids is 2. The smallest absolute Gasteiger partial charge is 0.386 e. The number of benzene rings is 1. The van der Waals surface area contributed by atoms with E-state index in [0.29, 0.717) is 37.3 Å². The van der Waals surface area contributed by atoms with Crippen molar-refractivity contribution in [1.29, 1.82) is 0 Å². The first-order chi connectivity index (χ1) is 26.9. The van der Waals surface area contributed by atoms with E-state index in [9.17, 15) is 27.9 Å². The van der Waals surface area contributed by atoms with Gasteiger partial charge in [0.2, 0.25) is 5.91 Å². The number of likely N-dealkylation sites (tertiary alicyclic amines) is 1. The maximum absolute atomic E-state index is 14.1. The second-order valence-electron chi connectivity index (χ2n) is 17.5. The van der Waals surface area contributed by atoms with E-state index in [2.05, 4.69) is 20.9 Å². The molecule has 1 saturated carbocycles. The number of fused-ring (bicyclic) bond motifs is 4. The molecule has 6 heterocycles. The third kappa shape index (κ3) is 10.4. The minimum absolute atomic E-state index is 0.0290. The fourth-order valence-corrected chi connectivity index (χ4v) is 11.6. The number of aliphatic hydroxyl groups excluding tert-OH is 1. The lowest BCUT2D eigenvalue weighted by molar-refractivity contribution is -0.172. The van der Waals surface area contributed by atoms with Crippen molar-refractivity contribution in [3.05, 3.63) is 44.6 Å². The number of alkyl halides is 3. The van der Waals surface area contributed by atoms with Crippen LogP contribution in [0.25, 0.3) is 0 Å². The van der Waals surface area contributed by atoms with Crippen LogP contribution in [-0.4, -0.2) is 78.9 Å². The van der Waals surface area contributed by atoms with E-state index in [1.54, 1.807) is 16.2 Å². The lowest BCUT2D eigenvalue weighted by Gasteiger charge is -2.45. The number of nitrogens with zero attached hydrogens (tertiary/aromatic N) is 2. The van der Waals surface area contributed by atoms with Crippen molar-refractivity contribution in [3.63, 3.8) is 0 Å². The van der Waals surface area contributed by atoms with Crippen LogP contribution in [0, 0.1) is 35.5 Å². The molecule has 2 aromatic rings. The van der Waals surface area contributed by atoms with Crippen LogP contribution in [0.5, 0.6) is 0 Å². The maximum Gasteiger partial charge on any atom is 0.418 e. The van der Waals surface area contributed by atoms with Crippen molar-refractivity contribution < 1.29 is 32.6 Å². The zero-order valence-corrected chi connectivity index (χ0v) is 34.3. The van der Waals surface area contributed by atoms with Gasteiger partial charge in [0.15, 0.2) is 6.29 Å². The summed E-state index contributed by atoms with van der Waals surface area (Å²) in [4.78, 5) is 31.1. The largest absolute Gasteiger partial charge is 0.418 e. The Balaban J connectivity index is 0.914. The zero-order chi connectivity index (χ0) is 39.4. The van der Waals surface area contributed by atoms with Crippen molar-refractivity contribution in [1.82, 2.24) is 9.80 Å². The molecule has 1 aromatic heterocycles. The fourth-order valence-electron chi connectivity index (χ4n) is 10.5. The SMILES string of the molecule is CNc1c(Cl)cc(C[C@@H](OC(O)CCC2CCC(CCC3Cc4cscc4NC3=O)CC2)C(=O)N2CCC(CCC3CN4CCC3CC4)CC2)cc1C(F)(F)F. The Labute approximate surface area is 339 Å². The van der Waals surface area contributed by atoms with E-state index in [0.717, 1.165) is 87.8 Å². The van der Waals surface area contributed by atoms with Gasteiger partial charge in [-0.15, -0.1) is 11.3 Å². The van der Waals surface area contributed by atoms with Gasteiger partial charge in [-0.2, -0.15) is 13.2 Å². The molecule has 3 unspecified atom stereocenters. The highest BCUT2D eigenvalue weighted by molar-refractivity contribution is 7.08. The molecule has 13 heteroatoms. The van der Waals surface area contributed by atoms with Crippen LogP contribution in [0.1, 0.15) is 107 Å². The van der Waals surface area contributed by atoms with Crippen molar-refractivity contribution >= 4 is 46.1 Å². The number of amides is 2. The van der Waals surface area contributed by atoms with E-state index >= 15 is 0 Å². The number of rotatable bonds is 15. The molecule has 2 amide bonds. The van der Waals surface area contributed by atoms with Crippen molar-refractivity contribution in [2.24, 2.45) is 35.5 Å². The number of halogens is 4. The number of hydrogen-bond acceptors (Lipinski definition) is 7. The summed E-state index contributed by atoms with van der Waals surface area (Å²) >= 11 is 7.97. The van der Waals surface area contributed by atoms with Gasteiger partial charge in [0.05, 0.1) is 22.0 Å². The Kier molecular flexibility index (Phi) is 13.9. The van der Waals surface area contributed by atoms with Gasteiger partial charge in [-0.05, 0) is 142 Å². The molecule has 8 rings (SSSR count). The van der Waals surface area contributed by atoms with Gasteiger partial charge < -0.3 is 30.3 Å². The Morgan fingerprint density at radius 1 is 0.964 bits per heavy atom. The maximum atomic E-state index is 14.1. The van der Waals surface area contributed by atoms with Crippen LogP contribution in [0.4, 0.5) is 24.5 Å². The molecule has 0 spiro atoms. The lowest BCUT2D eigenvalue weighted by Crippen LogP contribution is -2.48. The number of carbonyl (C=O) groups is 2. The third-order valence-corrected chi connectivity index (χ3v) is 15.0. The number of aliphatic hydroxyl groups is 1. The average Bonchev–Trinajstić information content (AvgIpc) is 3.65. The standard InChI is InChI=1S/C43H60ClF3N4O4S/c1-48-40-35(43(45,46)47)20-30(21-36(40)44)22-38(42(54)51-18-12-29(13-19-51)7-10-33-24-50-16-14-31(33)15-17-50)55-39(52)11-8-28-4-2-27(3-5-28)6-9-32-23-34-25-56-26-37(34)49-41(32)53/h20-21,25-29,31-33,38-39,48,52H,2-19,22-24H2,1H3,(H,49,53)/t27?,28?,32?,33?,38-,39?/m1/s1. The highest BCUT2D eigenvalue weighted by atomic mass is 35.5. The Bertz CT molecular complexity index is 1630. The van der Waals surface area contributed by atoms with Crippen molar-refractivity contribution in [2.45, 2.75) is 121 Å². The van der Waals surface area contributed by atoms with Crippen molar-refractivity contribution in [3.8, 4) is 0 Å². The molecule has 8 nitrogen and oxygen atoms in total. The Morgan fingerprint density at radius 2 is 1.64 bits per heavy atom. The van der Waals surface area contributed by atoms with Gasteiger partial charge in [-0.1, -0.05) is 37.3 Å². The van der Waals surface area contributed by atoms with E-state index in [1.807, 2.05) is 5.38 Å². The van der Waals surface area contributed by atoms with Crippen LogP contribution < -0.4 is 10.6 Å². The van der Waals surface area contributed by atoms with Gasteiger partial charge in [-0.3, -0.25) is 9.59 Å². The molecule has 5 fully saturated rings. The second-order valence-corrected chi connectivity index (χ2v) is 18.7. The minimum atomic E-state index is -4.65. The van der Waals surface area contributed by atoms with Gasteiger partial charge in [0.25, 0.3) is 5.91 Å². The normalized spacial score (nSPS) is 28.1. The van der Waals surface area contributed by atoms with Gasteiger partial charge in [0, 0.05) is 44.4 Å². The molecule has 0 radical (unpaired) electrons. The summed E-state index contributed by atoms with van der Waals surface area (Å²) in [6.07, 6.45) is 7.79. The van der Waals surface area contributed by atoms with E-state index in [-0.39, 0.29) is 40.4 Å². The van der Waals surface area contributed by atoms with Crippen LogP contribution in [0.3, 0.4) is 0 Å². The highest BCUT2D eigenvalue weighted by Gasteiger charge is 2.38. The Hall–Kier alpha value is -2.38. The number of hydrogen-bond donors (Lipinski definition) is 3. The lowest BCUT2D eigenvalue weighted by atomic mass is 9.75. The molecule has 4 atom stereocenters. The number of anilines is 2. The van der Waals surface area contributed by atoms with E-state index in [1.165, 1.54) is 64.0 Å². The van der Waals surface area contributed by atoms with E-state index in [4.69, 9.17) is 16.3 Å². The van der Waals surface area contributed by atoms with E-state index < -0.39 is 24.1 Å². The topological polar surface area (TPSA) is 94.1 Å². The predicted octanol–water partition coefficient (Wildman–Crippen LogP) is 9.25. The van der Waals surface area contributed by atoms with Gasteiger partial charge in [0.1, 0.15) is 6.10 Å². The molecule has 56 heavy (non-hydrogen) atoms. The second kappa shape index (κ2) is 18.7. The molecule has 1 aliphatic carbocycles. The molecule has 5 aliphatic heterocycles. The summed E-state index contributed by atoms with van der Waals surface area (Å²) in [6.45, 7) is 4.86. The van der Waals surface area contributed by atoms with Crippen LogP contribution in [0.2, 0.25) is 5.02 Å². The summed E-state index contributed by atoms with van der Waals surface area (Å²) in [7, 11) is 1.39. The summed E-state index contributed by atoms with van der Waals surface area (Å²) in [5.41, 5.74) is 1.33. The molecule has 1 aromatic carbocycles. The number of nitrogens with one attached hydrogen (secondary N) is 2. The summed E-state index contributed by atoms with van der Waals surface area (Å²) in [5, 5.41) is 20.9. The number of ether oxygens (including phenoxy) is 1.